The van der Waals surface area contributed by atoms with Gasteiger partial charge in [-0.1, -0.05) is 19.8 Å². The normalized spacial score (nSPS) is 40.0. The second kappa shape index (κ2) is 5.31. The zero-order valence-electron chi connectivity index (χ0n) is 9.99. The number of nitrogens with zero attached hydrogens (tertiary/aromatic N) is 1. The van der Waals surface area contributed by atoms with Crippen LogP contribution in [0.4, 0.5) is 0 Å². The predicted octanol–water partition coefficient (Wildman–Crippen LogP) is 2.41. The second-order valence-electron chi connectivity index (χ2n) is 5.49. The van der Waals surface area contributed by atoms with E-state index in [0.717, 1.165) is 12.3 Å². The number of aliphatic hydroxyl groups excluding tert-OH is 1. The fourth-order valence-corrected chi connectivity index (χ4v) is 3.13. The molecule has 1 aliphatic heterocycles. The smallest absolute Gasteiger partial charge is 0.0695 e. The van der Waals surface area contributed by atoms with Crippen LogP contribution in [0.5, 0.6) is 0 Å². The molecular formula is C13H25NO. The lowest BCUT2D eigenvalue weighted by atomic mass is 9.91. The first kappa shape index (κ1) is 11.4. The van der Waals surface area contributed by atoms with E-state index in [4.69, 9.17) is 0 Å². The van der Waals surface area contributed by atoms with Crippen molar-refractivity contribution < 1.29 is 5.11 Å². The van der Waals surface area contributed by atoms with E-state index in [1.807, 2.05) is 0 Å². The fourth-order valence-electron chi connectivity index (χ4n) is 3.13. The highest BCUT2D eigenvalue weighted by molar-refractivity contribution is 4.84. The van der Waals surface area contributed by atoms with Crippen LogP contribution in [-0.4, -0.2) is 35.2 Å². The van der Waals surface area contributed by atoms with Gasteiger partial charge in [-0.05, 0) is 51.1 Å². The Hall–Kier alpha value is -0.0800. The van der Waals surface area contributed by atoms with E-state index in [9.17, 15) is 5.11 Å². The Morgan fingerprint density at radius 1 is 0.933 bits per heavy atom. The summed E-state index contributed by atoms with van der Waals surface area (Å²) in [5, 5.41) is 10.0. The molecule has 0 aromatic heterocycles. The van der Waals surface area contributed by atoms with Gasteiger partial charge < -0.3 is 5.11 Å². The molecule has 0 spiro atoms. The highest BCUT2D eigenvalue weighted by atomic mass is 16.3. The Morgan fingerprint density at radius 3 is 2.53 bits per heavy atom. The maximum Gasteiger partial charge on any atom is 0.0695 e. The third kappa shape index (κ3) is 2.94. The minimum absolute atomic E-state index is 0.0489. The summed E-state index contributed by atoms with van der Waals surface area (Å²) in [4.78, 5) is 2.56. The topological polar surface area (TPSA) is 23.5 Å². The Kier molecular flexibility index (Phi) is 4.04. The molecule has 1 N–H and O–H groups in total. The molecule has 1 heterocycles. The summed E-state index contributed by atoms with van der Waals surface area (Å²) in [6.45, 7) is 4.79. The van der Waals surface area contributed by atoms with Crippen molar-refractivity contribution in [2.24, 2.45) is 5.92 Å². The molecule has 1 unspecified atom stereocenters. The average Bonchev–Trinajstić information content (AvgIpc) is 2.44. The van der Waals surface area contributed by atoms with Gasteiger partial charge in [-0.15, -0.1) is 0 Å². The van der Waals surface area contributed by atoms with E-state index in [0.29, 0.717) is 6.04 Å². The van der Waals surface area contributed by atoms with Crippen LogP contribution in [0.2, 0.25) is 0 Å². The molecule has 88 valence electrons. The van der Waals surface area contributed by atoms with Crippen LogP contribution in [0.25, 0.3) is 0 Å². The van der Waals surface area contributed by atoms with Crippen molar-refractivity contribution in [3.8, 4) is 0 Å². The first-order valence-electron chi connectivity index (χ1n) is 6.69. The SMILES string of the molecule is CC1CCCN([C@@H]2CCCC[C@H]2O)CC1. The summed E-state index contributed by atoms with van der Waals surface area (Å²) >= 11 is 0. The summed E-state index contributed by atoms with van der Waals surface area (Å²) in [7, 11) is 0. The minimum atomic E-state index is -0.0489. The van der Waals surface area contributed by atoms with Gasteiger partial charge in [0, 0.05) is 6.04 Å². The highest BCUT2D eigenvalue weighted by Gasteiger charge is 2.29. The molecule has 3 atom stereocenters. The molecular weight excluding hydrogens is 186 g/mol. The monoisotopic (exact) mass is 211 g/mol. The van der Waals surface area contributed by atoms with Gasteiger partial charge in [-0.25, -0.2) is 0 Å². The van der Waals surface area contributed by atoms with Crippen molar-refractivity contribution in [3.63, 3.8) is 0 Å². The quantitative estimate of drug-likeness (QED) is 0.720. The van der Waals surface area contributed by atoms with Crippen LogP contribution in [0.3, 0.4) is 0 Å². The molecule has 2 heteroatoms. The summed E-state index contributed by atoms with van der Waals surface area (Å²) in [6.07, 6.45) is 8.75. The largest absolute Gasteiger partial charge is 0.391 e. The van der Waals surface area contributed by atoms with E-state index in [-0.39, 0.29) is 6.10 Å². The third-order valence-corrected chi connectivity index (χ3v) is 4.21. The zero-order valence-corrected chi connectivity index (χ0v) is 9.99. The Balaban J connectivity index is 1.90. The number of aliphatic hydroxyl groups is 1. The van der Waals surface area contributed by atoms with Crippen LogP contribution in [0, 0.1) is 5.92 Å². The zero-order chi connectivity index (χ0) is 10.7. The fraction of sp³-hybridized carbons (Fsp3) is 1.00. The van der Waals surface area contributed by atoms with Gasteiger partial charge >= 0.3 is 0 Å². The average molecular weight is 211 g/mol. The van der Waals surface area contributed by atoms with Crippen molar-refractivity contribution in [1.82, 2.24) is 4.90 Å². The van der Waals surface area contributed by atoms with Gasteiger partial charge in [-0.2, -0.15) is 0 Å². The molecule has 1 saturated carbocycles. The lowest BCUT2D eigenvalue weighted by molar-refractivity contribution is 0.0210. The standard InChI is InChI=1S/C13H25NO/c1-11-5-4-9-14(10-8-11)12-6-2-3-7-13(12)15/h11-13,15H,2-10H2,1H3/t11?,12-,13-/m1/s1. The van der Waals surface area contributed by atoms with Crippen molar-refractivity contribution in [3.05, 3.63) is 0 Å². The van der Waals surface area contributed by atoms with Crippen LogP contribution in [0.15, 0.2) is 0 Å². The maximum absolute atomic E-state index is 10.0. The molecule has 0 radical (unpaired) electrons. The van der Waals surface area contributed by atoms with Crippen LogP contribution in [0.1, 0.15) is 51.9 Å². The van der Waals surface area contributed by atoms with Gasteiger partial charge in [0.1, 0.15) is 0 Å². The Labute approximate surface area is 93.7 Å². The predicted molar refractivity (Wildman–Crippen MR) is 62.9 cm³/mol. The lowest BCUT2D eigenvalue weighted by Crippen LogP contribution is -2.45. The van der Waals surface area contributed by atoms with Crippen LogP contribution >= 0.6 is 0 Å². The first-order chi connectivity index (χ1) is 7.27. The minimum Gasteiger partial charge on any atom is -0.391 e. The molecule has 0 amide bonds. The van der Waals surface area contributed by atoms with Gasteiger partial charge in [0.2, 0.25) is 0 Å². The molecule has 1 saturated heterocycles. The van der Waals surface area contributed by atoms with E-state index in [1.165, 1.54) is 51.6 Å². The summed E-state index contributed by atoms with van der Waals surface area (Å²) in [5.41, 5.74) is 0. The van der Waals surface area contributed by atoms with Crippen LogP contribution in [-0.2, 0) is 0 Å². The first-order valence-corrected chi connectivity index (χ1v) is 6.69. The van der Waals surface area contributed by atoms with E-state index < -0.39 is 0 Å². The molecule has 2 aliphatic rings. The lowest BCUT2D eigenvalue weighted by Gasteiger charge is -2.37. The van der Waals surface area contributed by atoms with Gasteiger partial charge in [-0.3, -0.25) is 4.90 Å². The van der Waals surface area contributed by atoms with Crippen molar-refractivity contribution >= 4 is 0 Å². The molecule has 0 aromatic rings. The molecule has 15 heavy (non-hydrogen) atoms. The molecule has 2 nitrogen and oxygen atoms in total. The van der Waals surface area contributed by atoms with E-state index in [2.05, 4.69) is 11.8 Å². The van der Waals surface area contributed by atoms with Gasteiger partial charge in [0.25, 0.3) is 0 Å². The number of likely N-dealkylation sites (tertiary alicyclic amines) is 1. The van der Waals surface area contributed by atoms with Crippen molar-refractivity contribution in [2.45, 2.75) is 64.0 Å². The summed E-state index contributed by atoms with van der Waals surface area (Å²) in [5.74, 6) is 0.885. The Bertz CT molecular complexity index is 195. The third-order valence-electron chi connectivity index (χ3n) is 4.21. The highest BCUT2D eigenvalue weighted by Crippen LogP contribution is 2.26. The summed E-state index contributed by atoms with van der Waals surface area (Å²) in [6, 6.07) is 0.476. The number of hydrogen-bond acceptors (Lipinski definition) is 2. The summed E-state index contributed by atoms with van der Waals surface area (Å²) < 4.78 is 0. The second-order valence-corrected chi connectivity index (χ2v) is 5.49. The van der Waals surface area contributed by atoms with Crippen LogP contribution < -0.4 is 0 Å². The Morgan fingerprint density at radius 2 is 1.73 bits per heavy atom. The van der Waals surface area contributed by atoms with E-state index >= 15 is 0 Å². The molecule has 2 rings (SSSR count). The number of hydrogen-bond donors (Lipinski definition) is 1. The molecule has 0 aromatic carbocycles. The molecule has 2 fully saturated rings. The van der Waals surface area contributed by atoms with Crippen molar-refractivity contribution in [1.29, 1.82) is 0 Å². The van der Waals surface area contributed by atoms with Gasteiger partial charge in [0.05, 0.1) is 6.10 Å². The number of rotatable bonds is 1. The van der Waals surface area contributed by atoms with Gasteiger partial charge in [0.15, 0.2) is 0 Å². The maximum atomic E-state index is 10.0. The van der Waals surface area contributed by atoms with E-state index in [1.54, 1.807) is 0 Å². The van der Waals surface area contributed by atoms with Crippen molar-refractivity contribution in [2.75, 3.05) is 13.1 Å². The molecule has 1 aliphatic carbocycles. The molecule has 0 bridgehead atoms.